The summed E-state index contributed by atoms with van der Waals surface area (Å²) in [5.74, 6) is -2.75. The molecular weight excluding hydrogens is 280 g/mol. The van der Waals surface area contributed by atoms with Crippen LogP contribution < -0.4 is 0 Å². The molecule has 2 rings (SSSR count). The van der Waals surface area contributed by atoms with Crippen molar-refractivity contribution in [2.45, 2.75) is 77.4 Å². The summed E-state index contributed by atoms with van der Waals surface area (Å²) in [6.45, 7) is 9.09. The Labute approximate surface area is 125 Å². The number of hydrogen-bond donors (Lipinski definition) is 0. The van der Waals surface area contributed by atoms with Gasteiger partial charge in [0.1, 0.15) is 5.73 Å². The molecule has 0 aromatic carbocycles. The normalized spacial score (nSPS) is 29.4. The van der Waals surface area contributed by atoms with Crippen LogP contribution in [0.3, 0.4) is 0 Å². The van der Waals surface area contributed by atoms with Crippen molar-refractivity contribution in [2.75, 3.05) is 0 Å². The van der Waals surface area contributed by atoms with Gasteiger partial charge in [0.2, 0.25) is 5.92 Å². The third kappa shape index (κ3) is 3.31. The molecule has 0 radical (unpaired) electrons. The highest BCUT2D eigenvalue weighted by Crippen LogP contribution is 2.43. The molecule has 0 spiro atoms. The molecule has 0 unspecified atom stereocenters. The lowest BCUT2D eigenvalue weighted by Gasteiger charge is -2.32. The Kier molecular flexibility index (Phi) is 4.26. The van der Waals surface area contributed by atoms with E-state index in [0.717, 1.165) is 0 Å². The van der Waals surface area contributed by atoms with E-state index >= 15 is 0 Å². The van der Waals surface area contributed by atoms with Crippen molar-refractivity contribution < 1.29 is 22.5 Å². The Bertz CT molecular complexity index is 420. The molecule has 6 heteroatoms. The van der Waals surface area contributed by atoms with E-state index < -0.39 is 30.0 Å². The first-order chi connectivity index (χ1) is 9.45. The van der Waals surface area contributed by atoms with E-state index in [9.17, 15) is 13.2 Å². The van der Waals surface area contributed by atoms with Crippen LogP contribution in [0, 0.1) is 5.92 Å². The van der Waals surface area contributed by atoms with Crippen molar-refractivity contribution in [3.8, 4) is 0 Å². The average molecular weight is 304 g/mol. The quantitative estimate of drug-likeness (QED) is 0.689. The molecule has 0 aromatic rings. The van der Waals surface area contributed by atoms with Crippen LogP contribution in [0.5, 0.6) is 0 Å². The third-order valence-corrected chi connectivity index (χ3v) is 5.17. The lowest BCUT2D eigenvalue weighted by molar-refractivity contribution is -0.0422. The molecule has 1 aliphatic heterocycles. The Morgan fingerprint density at radius 3 is 1.86 bits per heavy atom. The standard InChI is InChI=1S/C15H24BF3O2/c1-10(11-6-8-15(18,19)9-7-11)12(17)16-20-13(2,3)14(4,5)21-16/h11H,6-9H2,1-5H3. The first-order valence-corrected chi connectivity index (χ1v) is 7.55. The van der Waals surface area contributed by atoms with Crippen LogP contribution in [-0.4, -0.2) is 24.2 Å². The Balaban J connectivity index is 2.10. The zero-order valence-corrected chi connectivity index (χ0v) is 13.4. The lowest BCUT2D eigenvalue weighted by Crippen LogP contribution is -2.41. The van der Waals surface area contributed by atoms with Gasteiger partial charge in [-0.2, -0.15) is 0 Å². The number of allylic oxidation sites excluding steroid dienone is 1. The van der Waals surface area contributed by atoms with Crippen LogP contribution in [0.2, 0.25) is 0 Å². The monoisotopic (exact) mass is 304 g/mol. The van der Waals surface area contributed by atoms with Gasteiger partial charge in [-0.05, 0) is 59.0 Å². The second-order valence-electron chi connectivity index (χ2n) is 7.25. The van der Waals surface area contributed by atoms with Crippen LogP contribution in [0.15, 0.2) is 11.3 Å². The molecule has 0 atom stereocenters. The van der Waals surface area contributed by atoms with E-state index in [4.69, 9.17) is 9.31 Å². The van der Waals surface area contributed by atoms with Crippen molar-refractivity contribution in [1.29, 1.82) is 0 Å². The van der Waals surface area contributed by atoms with E-state index in [-0.39, 0.29) is 18.8 Å². The Morgan fingerprint density at radius 2 is 1.43 bits per heavy atom. The van der Waals surface area contributed by atoms with Gasteiger partial charge in [0.05, 0.1) is 11.2 Å². The first-order valence-electron chi connectivity index (χ1n) is 7.55. The van der Waals surface area contributed by atoms with E-state index in [0.29, 0.717) is 18.4 Å². The second-order valence-corrected chi connectivity index (χ2v) is 7.25. The predicted octanol–water partition coefficient (Wildman–Crippen LogP) is 4.69. The van der Waals surface area contributed by atoms with Gasteiger partial charge in [-0.15, -0.1) is 0 Å². The minimum atomic E-state index is -2.60. The minimum absolute atomic E-state index is 0.149. The van der Waals surface area contributed by atoms with Crippen LogP contribution in [0.25, 0.3) is 0 Å². The molecule has 0 amide bonds. The highest BCUT2D eigenvalue weighted by molar-refractivity contribution is 6.53. The summed E-state index contributed by atoms with van der Waals surface area (Å²) in [6.07, 6.45) is 0.273. The van der Waals surface area contributed by atoms with Crippen molar-refractivity contribution in [3.05, 3.63) is 11.3 Å². The molecule has 0 bridgehead atoms. The van der Waals surface area contributed by atoms with Crippen molar-refractivity contribution in [2.24, 2.45) is 5.92 Å². The summed E-state index contributed by atoms with van der Waals surface area (Å²) in [4.78, 5) is 0. The predicted molar refractivity (Wildman–Crippen MR) is 76.8 cm³/mol. The molecule has 2 aliphatic rings. The fourth-order valence-corrected chi connectivity index (χ4v) is 2.80. The van der Waals surface area contributed by atoms with E-state index in [2.05, 4.69) is 0 Å². The van der Waals surface area contributed by atoms with Crippen LogP contribution in [0.1, 0.15) is 60.3 Å². The number of halogens is 3. The molecule has 1 saturated carbocycles. The molecule has 2 nitrogen and oxygen atoms in total. The SMILES string of the molecule is CC(=C(F)B1OC(C)(C)C(C)(C)O1)C1CCC(F)(F)CC1. The second kappa shape index (κ2) is 5.30. The number of alkyl halides is 2. The van der Waals surface area contributed by atoms with Gasteiger partial charge >= 0.3 is 7.12 Å². The fourth-order valence-electron chi connectivity index (χ4n) is 2.80. The van der Waals surface area contributed by atoms with Crippen LogP contribution >= 0.6 is 0 Å². The van der Waals surface area contributed by atoms with Gasteiger partial charge in [-0.1, -0.05) is 0 Å². The minimum Gasteiger partial charge on any atom is -0.398 e. The molecule has 1 saturated heterocycles. The van der Waals surface area contributed by atoms with Crippen LogP contribution in [-0.2, 0) is 9.31 Å². The molecule has 0 aromatic heterocycles. The summed E-state index contributed by atoms with van der Waals surface area (Å²) < 4.78 is 52.3. The van der Waals surface area contributed by atoms with Crippen LogP contribution in [0.4, 0.5) is 13.2 Å². The highest BCUT2D eigenvalue weighted by atomic mass is 19.3. The number of hydrogen-bond acceptors (Lipinski definition) is 2. The van der Waals surface area contributed by atoms with Gasteiger partial charge in [0, 0.05) is 12.8 Å². The maximum Gasteiger partial charge on any atom is 0.525 e. The molecule has 0 N–H and O–H groups in total. The first kappa shape index (κ1) is 16.9. The zero-order valence-electron chi connectivity index (χ0n) is 13.4. The molecule has 2 fully saturated rings. The molecule has 21 heavy (non-hydrogen) atoms. The van der Waals surface area contributed by atoms with Gasteiger partial charge in [0.15, 0.2) is 0 Å². The Morgan fingerprint density at radius 1 is 1.00 bits per heavy atom. The van der Waals surface area contributed by atoms with Crippen molar-refractivity contribution in [1.82, 2.24) is 0 Å². The topological polar surface area (TPSA) is 18.5 Å². The number of rotatable bonds is 2. The summed E-state index contributed by atoms with van der Waals surface area (Å²) in [5.41, 5.74) is -1.17. The summed E-state index contributed by atoms with van der Waals surface area (Å²) in [5, 5.41) is 0. The zero-order chi connectivity index (χ0) is 16.1. The Hall–Kier alpha value is -0.485. The van der Waals surface area contributed by atoms with Gasteiger partial charge in [0.25, 0.3) is 0 Å². The fraction of sp³-hybridized carbons (Fsp3) is 0.867. The third-order valence-electron chi connectivity index (χ3n) is 5.17. The van der Waals surface area contributed by atoms with E-state index in [1.54, 1.807) is 6.92 Å². The highest BCUT2D eigenvalue weighted by Gasteiger charge is 2.53. The summed E-state index contributed by atoms with van der Waals surface area (Å²) in [6, 6.07) is 0. The largest absolute Gasteiger partial charge is 0.525 e. The molecule has 1 aliphatic carbocycles. The summed E-state index contributed by atoms with van der Waals surface area (Å²) >= 11 is 0. The average Bonchev–Trinajstić information content (AvgIpc) is 2.57. The van der Waals surface area contributed by atoms with E-state index in [1.807, 2.05) is 27.7 Å². The molecule has 120 valence electrons. The lowest BCUT2D eigenvalue weighted by atomic mass is 9.76. The summed E-state index contributed by atoms with van der Waals surface area (Å²) in [7, 11) is -1.03. The van der Waals surface area contributed by atoms with Crippen molar-refractivity contribution in [3.63, 3.8) is 0 Å². The molecule has 1 heterocycles. The van der Waals surface area contributed by atoms with Gasteiger partial charge in [-0.25, -0.2) is 13.2 Å². The van der Waals surface area contributed by atoms with Gasteiger partial charge < -0.3 is 9.31 Å². The molecular formula is C15H24BF3O2. The maximum absolute atomic E-state index is 14.6. The van der Waals surface area contributed by atoms with Crippen molar-refractivity contribution >= 4 is 7.12 Å². The smallest absolute Gasteiger partial charge is 0.398 e. The van der Waals surface area contributed by atoms with Gasteiger partial charge in [-0.3, -0.25) is 0 Å². The maximum atomic E-state index is 14.6. The van der Waals surface area contributed by atoms with E-state index in [1.165, 1.54) is 0 Å².